The number of aliphatic hydroxyl groups excluding tert-OH is 4. The van der Waals surface area contributed by atoms with Crippen molar-refractivity contribution in [1.82, 2.24) is 0 Å². The number of para-hydroxylation sites is 1. The van der Waals surface area contributed by atoms with Crippen LogP contribution in [-0.4, -0.2) is 57.7 Å². The van der Waals surface area contributed by atoms with E-state index in [0.717, 1.165) is 0 Å². The fraction of sp³-hybridized carbons (Fsp3) is 0.500. The van der Waals surface area contributed by atoms with Crippen LogP contribution >= 0.6 is 0 Å². The lowest BCUT2D eigenvalue weighted by Crippen LogP contribution is -2.60. The third kappa shape index (κ3) is 2.63. The summed E-state index contributed by atoms with van der Waals surface area (Å²) in [4.78, 5) is 0. The van der Waals surface area contributed by atoms with Crippen LogP contribution in [0.3, 0.4) is 0 Å². The molecule has 1 heterocycles. The van der Waals surface area contributed by atoms with E-state index in [0.29, 0.717) is 5.75 Å². The number of aliphatic hydroxyl groups is 4. The van der Waals surface area contributed by atoms with Gasteiger partial charge in [-0.15, -0.1) is 0 Å². The second-order valence-electron chi connectivity index (χ2n) is 4.12. The molecule has 1 aliphatic heterocycles. The van der Waals surface area contributed by atoms with Gasteiger partial charge in [-0.25, -0.2) is 0 Å². The first kappa shape index (κ1) is 13.3. The molecule has 1 aliphatic rings. The number of hydrogen-bond acceptors (Lipinski definition) is 6. The van der Waals surface area contributed by atoms with Gasteiger partial charge in [0, 0.05) is 0 Å². The van der Waals surface area contributed by atoms with E-state index in [9.17, 15) is 15.3 Å². The minimum atomic E-state index is -1.42. The first-order valence-corrected chi connectivity index (χ1v) is 5.65. The van der Waals surface area contributed by atoms with Gasteiger partial charge in [0.2, 0.25) is 0 Å². The molecule has 0 bridgehead atoms. The van der Waals surface area contributed by atoms with Crippen molar-refractivity contribution in [1.29, 1.82) is 0 Å². The molecule has 0 unspecified atom stereocenters. The molecule has 0 aliphatic carbocycles. The predicted octanol–water partition coefficient (Wildman–Crippen LogP) is -1.13. The zero-order valence-corrected chi connectivity index (χ0v) is 9.59. The molecule has 0 saturated carbocycles. The third-order valence-corrected chi connectivity index (χ3v) is 2.86. The van der Waals surface area contributed by atoms with Crippen LogP contribution < -0.4 is 4.74 Å². The average molecular weight is 256 g/mol. The van der Waals surface area contributed by atoms with Crippen molar-refractivity contribution in [3.8, 4) is 5.75 Å². The van der Waals surface area contributed by atoms with Crippen LogP contribution in [0.4, 0.5) is 0 Å². The Morgan fingerprint density at radius 2 is 1.72 bits per heavy atom. The lowest BCUT2D eigenvalue weighted by molar-refractivity contribution is -0.280. The van der Waals surface area contributed by atoms with Gasteiger partial charge in [0.25, 0.3) is 0 Å². The number of benzene rings is 1. The van der Waals surface area contributed by atoms with Crippen LogP contribution in [0.1, 0.15) is 0 Å². The standard InChI is InChI=1S/C12H16O6/c13-6-8-9(14)10(15)11(12(16)18-8)17-7-4-2-1-3-5-7/h1-5,8-16H,6H2/t8-,9+,10+,11-,12-/m1/s1. The minimum absolute atomic E-state index is 0.443. The maximum atomic E-state index is 9.84. The Morgan fingerprint density at radius 1 is 1.06 bits per heavy atom. The van der Waals surface area contributed by atoms with Gasteiger partial charge >= 0.3 is 0 Å². The fourth-order valence-corrected chi connectivity index (χ4v) is 1.86. The molecule has 0 spiro atoms. The van der Waals surface area contributed by atoms with Crippen LogP contribution in [0.5, 0.6) is 5.75 Å². The molecule has 1 aromatic carbocycles. The highest BCUT2D eigenvalue weighted by Crippen LogP contribution is 2.24. The Balaban J connectivity index is 2.08. The quantitative estimate of drug-likeness (QED) is 0.546. The van der Waals surface area contributed by atoms with Crippen LogP contribution in [0, 0.1) is 0 Å². The minimum Gasteiger partial charge on any atom is -0.482 e. The Kier molecular flexibility index (Phi) is 4.15. The van der Waals surface area contributed by atoms with Gasteiger partial charge in [-0.2, -0.15) is 0 Å². The van der Waals surface area contributed by atoms with Gasteiger partial charge in [-0.3, -0.25) is 0 Å². The second kappa shape index (κ2) is 5.64. The van der Waals surface area contributed by atoms with Crippen molar-refractivity contribution in [3.05, 3.63) is 30.3 Å². The van der Waals surface area contributed by atoms with E-state index in [1.165, 1.54) is 0 Å². The van der Waals surface area contributed by atoms with Crippen molar-refractivity contribution >= 4 is 0 Å². The molecule has 0 amide bonds. The Hall–Kier alpha value is -1.18. The van der Waals surface area contributed by atoms with E-state index in [4.69, 9.17) is 14.6 Å². The Labute approximate surface area is 104 Å². The summed E-state index contributed by atoms with van der Waals surface area (Å²) in [5, 5.41) is 38.1. The fourth-order valence-electron chi connectivity index (χ4n) is 1.86. The summed E-state index contributed by atoms with van der Waals surface area (Å²) in [7, 11) is 0. The highest BCUT2D eigenvalue weighted by molar-refractivity contribution is 5.21. The molecule has 100 valence electrons. The van der Waals surface area contributed by atoms with Crippen molar-refractivity contribution < 1.29 is 29.9 Å². The average Bonchev–Trinajstić information content (AvgIpc) is 2.40. The first-order valence-electron chi connectivity index (χ1n) is 5.65. The number of hydrogen-bond donors (Lipinski definition) is 4. The van der Waals surface area contributed by atoms with Crippen LogP contribution in [0.2, 0.25) is 0 Å². The summed E-state index contributed by atoms with van der Waals surface area (Å²) in [6.45, 7) is -0.493. The highest BCUT2D eigenvalue weighted by atomic mass is 16.7. The number of rotatable bonds is 3. The zero-order chi connectivity index (χ0) is 13.1. The maximum absolute atomic E-state index is 9.84. The molecule has 1 saturated heterocycles. The van der Waals surface area contributed by atoms with Crippen LogP contribution in [-0.2, 0) is 4.74 Å². The van der Waals surface area contributed by atoms with Crippen molar-refractivity contribution in [2.75, 3.05) is 6.61 Å². The van der Waals surface area contributed by atoms with E-state index < -0.39 is 37.3 Å². The molecule has 0 radical (unpaired) electrons. The molecule has 4 N–H and O–H groups in total. The summed E-state index contributed by atoms with van der Waals surface area (Å²) in [5.74, 6) is 0.443. The molecule has 1 fully saturated rings. The van der Waals surface area contributed by atoms with Crippen LogP contribution in [0.25, 0.3) is 0 Å². The number of ether oxygens (including phenoxy) is 2. The maximum Gasteiger partial charge on any atom is 0.195 e. The van der Waals surface area contributed by atoms with Gasteiger partial charge in [0.1, 0.15) is 24.1 Å². The van der Waals surface area contributed by atoms with E-state index in [1.54, 1.807) is 30.3 Å². The summed E-state index contributed by atoms with van der Waals surface area (Å²) >= 11 is 0. The molecule has 0 aromatic heterocycles. The normalized spacial score (nSPS) is 36.3. The summed E-state index contributed by atoms with van der Waals surface area (Å²) < 4.78 is 10.3. The topological polar surface area (TPSA) is 99.4 Å². The van der Waals surface area contributed by atoms with Crippen molar-refractivity contribution in [2.24, 2.45) is 0 Å². The molecule has 6 heteroatoms. The highest BCUT2D eigenvalue weighted by Gasteiger charge is 2.45. The molecular formula is C12H16O6. The first-order chi connectivity index (χ1) is 8.63. The monoisotopic (exact) mass is 256 g/mol. The molecule has 1 aromatic rings. The molecular weight excluding hydrogens is 240 g/mol. The SMILES string of the molecule is OC[C@H]1O[C@@H](O)[C@H](Oc2ccccc2)[C@@H](O)[C@H]1O. The smallest absolute Gasteiger partial charge is 0.195 e. The largest absolute Gasteiger partial charge is 0.482 e. The lowest BCUT2D eigenvalue weighted by Gasteiger charge is -2.39. The van der Waals surface area contributed by atoms with Gasteiger partial charge in [-0.05, 0) is 12.1 Å². The third-order valence-electron chi connectivity index (χ3n) is 2.86. The van der Waals surface area contributed by atoms with Gasteiger partial charge in [0.15, 0.2) is 12.4 Å². The van der Waals surface area contributed by atoms with Gasteiger partial charge in [-0.1, -0.05) is 18.2 Å². The molecule has 18 heavy (non-hydrogen) atoms. The zero-order valence-electron chi connectivity index (χ0n) is 9.59. The van der Waals surface area contributed by atoms with Crippen molar-refractivity contribution in [3.63, 3.8) is 0 Å². The summed E-state index contributed by atoms with van der Waals surface area (Å²) in [6, 6.07) is 8.59. The lowest BCUT2D eigenvalue weighted by atomic mass is 9.99. The van der Waals surface area contributed by atoms with Gasteiger partial charge < -0.3 is 29.9 Å². The van der Waals surface area contributed by atoms with E-state index in [1.807, 2.05) is 0 Å². The van der Waals surface area contributed by atoms with Crippen molar-refractivity contribution in [2.45, 2.75) is 30.7 Å². The van der Waals surface area contributed by atoms with E-state index >= 15 is 0 Å². The second-order valence-corrected chi connectivity index (χ2v) is 4.12. The van der Waals surface area contributed by atoms with Crippen LogP contribution in [0.15, 0.2) is 30.3 Å². The summed E-state index contributed by atoms with van der Waals surface area (Å²) in [5.41, 5.74) is 0. The molecule has 2 rings (SSSR count). The predicted molar refractivity (Wildman–Crippen MR) is 60.8 cm³/mol. The molecule has 6 nitrogen and oxygen atoms in total. The van der Waals surface area contributed by atoms with E-state index in [-0.39, 0.29) is 0 Å². The summed E-state index contributed by atoms with van der Waals surface area (Å²) in [6.07, 6.45) is -6.20. The van der Waals surface area contributed by atoms with E-state index in [2.05, 4.69) is 0 Å². The Bertz CT molecular complexity index is 370. The Morgan fingerprint density at radius 3 is 2.33 bits per heavy atom. The molecule has 5 atom stereocenters. The van der Waals surface area contributed by atoms with Gasteiger partial charge in [0.05, 0.1) is 6.61 Å².